The van der Waals surface area contributed by atoms with Crippen molar-refractivity contribution in [1.82, 2.24) is 0 Å². The van der Waals surface area contributed by atoms with Gasteiger partial charge >= 0.3 is 0 Å². The van der Waals surface area contributed by atoms with Crippen molar-refractivity contribution in [1.29, 1.82) is 0 Å². The largest absolute Gasteiger partial charge is 0.491 e. The maximum Gasteiger partial charge on any atom is 0.119 e. The van der Waals surface area contributed by atoms with E-state index in [1.54, 1.807) is 0 Å². The molecule has 3 heteroatoms. The minimum atomic E-state index is 0.586. The molecule has 23 heavy (non-hydrogen) atoms. The van der Waals surface area contributed by atoms with Crippen LogP contribution in [0.1, 0.15) is 30.5 Å². The Labute approximate surface area is 139 Å². The van der Waals surface area contributed by atoms with Crippen LogP contribution in [0.2, 0.25) is 0 Å². The molecule has 124 valence electrons. The van der Waals surface area contributed by atoms with Crippen LogP contribution in [0.4, 0.5) is 5.69 Å². The summed E-state index contributed by atoms with van der Waals surface area (Å²) in [6.07, 6.45) is 1.03. The maximum atomic E-state index is 5.72. The summed E-state index contributed by atoms with van der Waals surface area (Å²) in [6, 6.07) is 14.7. The second-order valence-corrected chi connectivity index (χ2v) is 5.51. The van der Waals surface area contributed by atoms with Crippen LogP contribution < -0.4 is 10.1 Å². The van der Waals surface area contributed by atoms with Crippen molar-refractivity contribution >= 4 is 5.69 Å². The number of aryl methyl sites for hydroxylation is 2. The van der Waals surface area contributed by atoms with Crippen LogP contribution in [0, 0.1) is 6.92 Å². The molecule has 0 aliphatic rings. The van der Waals surface area contributed by atoms with Gasteiger partial charge in [-0.15, -0.1) is 0 Å². The van der Waals surface area contributed by atoms with Gasteiger partial charge in [-0.25, -0.2) is 0 Å². The summed E-state index contributed by atoms with van der Waals surface area (Å²) in [5.41, 5.74) is 5.10. The van der Waals surface area contributed by atoms with Crippen LogP contribution in [0.5, 0.6) is 5.75 Å². The minimum absolute atomic E-state index is 0.586. The predicted octanol–water partition coefficient (Wildman–Crippen LogP) is 4.58. The first-order valence-electron chi connectivity index (χ1n) is 8.36. The van der Waals surface area contributed by atoms with Gasteiger partial charge in [-0.3, -0.25) is 0 Å². The Kier molecular flexibility index (Phi) is 6.95. The van der Waals surface area contributed by atoms with Crippen LogP contribution >= 0.6 is 0 Å². The third-order valence-electron chi connectivity index (χ3n) is 3.81. The molecule has 0 aliphatic carbocycles. The average Bonchev–Trinajstić information content (AvgIpc) is 2.58. The first-order chi connectivity index (χ1) is 11.2. The van der Waals surface area contributed by atoms with Crippen LogP contribution in [0.25, 0.3) is 0 Å². The molecule has 0 spiro atoms. The Bertz CT molecular complexity index is 610. The molecule has 2 aromatic carbocycles. The number of ether oxygens (including phenoxy) is 2. The molecule has 0 heterocycles. The van der Waals surface area contributed by atoms with Gasteiger partial charge in [-0.2, -0.15) is 0 Å². The molecule has 0 aliphatic heterocycles. The second kappa shape index (κ2) is 9.21. The number of hydrogen-bond acceptors (Lipinski definition) is 3. The molecule has 2 rings (SSSR count). The van der Waals surface area contributed by atoms with Crippen molar-refractivity contribution in [2.75, 3.05) is 25.1 Å². The maximum absolute atomic E-state index is 5.72. The standard InChI is InChI=1S/C20H27NO2/c1-4-18-10-6-8-16(3)20(18)21-15-17-9-7-11-19(14-17)23-13-12-22-5-2/h6-11,14,21H,4-5,12-13,15H2,1-3H3. The van der Waals surface area contributed by atoms with Crippen LogP contribution in [-0.4, -0.2) is 19.8 Å². The fourth-order valence-corrected chi connectivity index (χ4v) is 2.57. The average molecular weight is 313 g/mol. The molecule has 0 saturated carbocycles. The van der Waals surface area contributed by atoms with Gasteiger partial charge < -0.3 is 14.8 Å². The zero-order valence-electron chi connectivity index (χ0n) is 14.4. The Morgan fingerprint density at radius 2 is 1.83 bits per heavy atom. The summed E-state index contributed by atoms with van der Waals surface area (Å²) < 4.78 is 11.0. The third-order valence-corrected chi connectivity index (χ3v) is 3.81. The lowest BCUT2D eigenvalue weighted by molar-refractivity contribution is 0.110. The molecule has 0 amide bonds. The van der Waals surface area contributed by atoms with Gasteiger partial charge in [0.25, 0.3) is 0 Å². The Hall–Kier alpha value is -2.00. The summed E-state index contributed by atoms with van der Waals surface area (Å²) in [6.45, 7) is 9.05. The lowest BCUT2D eigenvalue weighted by Gasteiger charge is -2.14. The number of anilines is 1. The number of nitrogens with one attached hydrogen (secondary N) is 1. The molecular weight excluding hydrogens is 286 g/mol. The number of rotatable bonds is 9. The Balaban J connectivity index is 1.96. The summed E-state index contributed by atoms with van der Waals surface area (Å²) >= 11 is 0. The predicted molar refractivity (Wildman–Crippen MR) is 96.3 cm³/mol. The highest BCUT2D eigenvalue weighted by Crippen LogP contribution is 2.22. The van der Waals surface area contributed by atoms with E-state index in [2.05, 4.69) is 49.5 Å². The van der Waals surface area contributed by atoms with Crippen molar-refractivity contribution in [3.05, 3.63) is 59.2 Å². The highest BCUT2D eigenvalue weighted by molar-refractivity contribution is 5.57. The van der Waals surface area contributed by atoms with Gasteiger partial charge in [0.15, 0.2) is 0 Å². The van der Waals surface area contributed by atoms with Crippen molar-refractivity contribution in [2.45, 2.75) is 33.7 Å². The quantitative estimate of drug-likeness (QED) is 0.687. The van der Waals surface area contributed by atoms with Gasteiger partial charge in [0.1, 0.15) is 12.4 Å². The third kappa shape index (κ3) is 5.29. The smallest absolute Gasteiger partial charge is 0.119 e. The fourth-order valence-electron chi connectivity index (χ4n) is 2.57. The Morgan fingerprint density at radius 1 is 1.00 bits per heavy atom. The summed E-state index contributed by atoms with van der Waals surface area (Å²) in [7, 11) is 0. The first kappa shape index (κ1) is 17.4. The normalized spacial score (nSPS) is 10.6. The van der Waals surface area contributed by atoms with E-state index in [0.717, 1.165) is 25.3 Å². The summed E-state index contributed by atoms with van der Waals surface area (Å²) in [4.78, 5) is 0. The van der Waals surface area contributed by atoms with Gasteiger partial charge in [-0.05, 0) is 49.1 Å². The Morgan fingerprint density at radius 3 is 2.61 bits per heavy atom. The minimum Gasteiger partial charge on any atom is -0.491 e. The van der Waals surface area contributed by atoms with E-state index in [-0.39, 0.29) is 0 Å². The molecule has 3 nitrogen and oxygen atoms in total. The zero-order chi connectivity index (χ0) is 16.5. The molecule has 0 atom stereocenters. The number of para-hydroxylation sites is 1. The van der Waals surface area contributed by atoms with Crippen molar-refractivity contribution in [2.24, 2.45) is 0 Å². The summed E-state index contributed by atoms with van der Waals surface area (Å²) in [5.74, 6) is 0.893. The first-order valence-corrected chi connectivity index (χ1v) is 8.36. The molecule has 0 unspecified atom stereocenters. The van der Waals surface area contributed by atoms with E-state index in [4.69, 9.17) is 9.47 Å². The van der Waals surface area contributed by atoms with Crippen molar-refractivity contribution < 1.29 is 9.47 Å². The molecule has 0 fully saturated rings. The highest BCUT2D eigenvalue weighted by atomic mass is 16.5. The van der Waals surface area contributed by atoms with E-state index in [1.807, 2.05) is 19.1 Å². The van der Waals surface area contributed by atoms with Crippen LogP contribution in [0.3, 0.4) is 0 Å². The van der Waals surface area contributed by atoms with E-state index in [1.165, 1.54) is 22.4 Å². The molecule has 1 N–H and O–H groups in total. The molecule has 2 aromatic rings. The van der Waals surface area contributed by atoms with E-state index < -0.39 is 0 Å². The topological polar surface area (TPSA) is 30.5 Å². The van der Waals surface area contributed by atoms with Gasteiger partial charge in [0.05, 0.1) is 6.61 Å². The van der Waals surface area contributed by atoms with E-state index >= 15 is 0 Å². The molecule has 0 aromatic heterocycles. The van der Waals surface area contributed by atoms with Gasteiger partial charge in [-0.1, -0.05) is 37.3 Å². The molecule has 0 bridgehead atoms. The zero-order valence-corrected chi connectivity index (χ0v) is 14.4. The van der Waals surface area contributed by atoms with Crippen molar-refractivity contribution in [3.8, 4) is 5.75 Å². The molecular formula is C20H27NO2. The van der Waals surface area contributed by atoms with Crippen LogP contribution in [0.15, 0.2) is 42.5 Å². The number of hydrogen-bond donors (Lipinski definition) is 1. The SMILES string of the molecule is CCOCCOc1cccc(CNc2c(C)cccc2CC)c1. The van der Waals surface area contributed by atoms with Crippen LogP contribution in [-0.2, 0) is 17.7 Å². The lowest BCUT2D eigenvalue weighted by Crippen LogP contribution is -2.07. The van der Waals surface area contributed by atoms with Gasteiger partial charge in [0.2, 0.25) is 0 Å². The van der Waals surface area contributed by atoms with E-state index in [0.29, 0.717) is 13.2 Å². The van der Waals surface area contributed by atoms with E-state index in [9.17, 15) is 0 Å². The molecule has 0 saturated heterocycles. The fraction of sp³-hybridized carbons (Fsp3) is 0.400. The lowest BCUT2D eigenvalue weighted by atomic mass is 10.1. The monoisotopic (exact) mass is 313 g/mol. The second-order valence-electron chi connectivity index (χ2n) is 5.51. The van der Waals surface area contributed by atoms with Crippen molar-refractivity contribution in [3.63, 3.8) is 0 Å². The number of benzene rings is 2. The highest BCUT2D eigenvalue weighted by Gasteiger charge is 2.04. The summed E-state index contributed by atoms with van der Waals surface area (Å²) in [5, 5.41) is 3.57. The molecule has 0 radical (unpaired) electrons. The van der Waals surface area contributed by atoms with Gasteiger partial charge in [0, 0.05) is 18.8 Å².